The molecule has 122 valence electrons. The van der Waals surface area contributed by atoms with E-state index in [0.717, 1.165) is 51.2 Å². The highest BCUT2D eigenvalue weighted by Gasteiger charge is 2.37. The normalized spacial score (nSPS) is 27.3. The minimum Gasteiger partial charge on any atom is -0.377 e. The lowest BCUT2D eigenvalue weighted by Crippen LogP contribution is -2.48. The number of amides is 1. The summed E-state index contributed by atoms with van der Waals surface area (Å²) >= 11 is 0. The van der Waals surface area contributed by atoms with Gasteiger partial charge < -0.3 is 14.6 Å². The Morgan fingerprint density at radius 3 is 2.77 bits per heavy atom. The minimum atomic E-state index is 0.0499. The number of carbonyl (C=O) groups excluding carboxylic acids is 1. The Labute approximate surface area is 132 Å². The average molecular weight is 305 g/mol. The molecule has 0 spiro atoms. The standard InChI is InChI=1S/C17H27N3O2/c1-12(2)15-14(4-3-11-22-15)17(21)20-9-5-13(6-10-20)16-18-7-8-19-16/h7-8,12-15H,3-6,9-11H2,1-2H3,(H,18,19)/t14-,15-/m1/s1. The molecule has 1 aromatic rings. The van der Waals surface area contributed by atoms with Gasteiger partial charge in [-0.25, -0.2) is 4.98 Å². The zero-order chi connectivity index (χ0) is 15.5. The summed E-state index contributed by atoms with van der Waals surface area (Å²) in [5.41, 5.74) is 0. The first-order valence-corrected chi connectivity index (χ1v) is 8.56. The van der Waals surface area contributed by atoms with Crippen molar-refractivity contribution in [1.29, 1.82) is 0 Å². The predicted molar refractivity (Wildman–Crippen MR) is 84.4 cm³/mol. The van der Waals surface area contributed by atoms with Gasteiger partial charge in [-0.05, 0) is 31.6 Å². The van der Waals surface area contributed by atoms with Crippen LogP contribution in [0.1, 0.15) is 51.3 Å². The summed E-state index contributed by atoms with van der Waals surface area (Å²) in [6, 6.07) is 0. The van der Waals surface area contributed by atoms with Crippen molar-refractivity contribution in [3.8, 4) is 0 Å². The Morgan fingerprint density at radius 1 is 1.36 bits per heavy atom. The van der Waals surface area contributed by atoms with E-state index in [1.54, 1.807) is 6.20 Å². The van der Waals surface area contributed by atoms with E-state index >= 15 is 0 Å². The number of aromatic nitrogens is 2. The molecule has 2 aliphatic rings. The molecule has 0 unspecified atom stereocenters. The topological polar surface area (TPSA) is 58.2 Å². The van der Waals surface area contributed by atoms with Gasteiger partial charge in [-0.1, -0.05) is 13.8 Å². The fourth-order valence-corrected chi connectivity index (χ4v) is 3.83. The fourth-order valence-electron chi connectivity index (χ4n) is 3.83. The molecule has 5 nitrogen and oxygen atoms in total. The zero-order valence-corrected chi connectivity index (χ0v) is 13.6. The molecular formula is C17H27N3O2. The smallest absolute Gasteiger partial charge is 0.228 e. The van der Waals surface area contributed by atoms with Gasteiger partial charge in [0.25, 0.3) is 0 Å². The minimum absolute atomic E-state index is 0.0499. The Kier molecular flexibility index (Phi) is 4.81. The van der Waals surface area contributed by atoms with Crippen molar-refractivity contribution in [3.05, 3.63) is 18.2 Å². The molecule has 2 saturated heterocycles. The lowest BCUT2D eigenvalue weighted by Gasteiger charge is -2.39. The quantitative estimate of drug-likeness (QED) is 0.933. The Morgan fingerprint density at radius 2 is 2.14 bits per heavy atom. The number of H-pyrrole nitrogens is 1. The van der Waals surface area contributed by atoms with Crippen LogP contribution >= 0.6 is 0 Å². The van der Waals surface area contributed by atoms with Crippen LogP contribution in [0.2, 0.25) is 0 Å². The van der Waals surface area contributed by atoms with Crippen molar-refractivity contribution in [2.75, 3.05) is 19.7 Å². The van der Waals surface area contributed by atoms with Crippen LogP contribution in [0.15, 0.2) is 12.4 Å². The van der Waals surface area contributed by atoms with Crippen LogP contribution < -0.4 is 0 Å². The predicted octanol–water partition coefficient (Wildman–Crippen LogP) is 2.57. The van der Waals surface area contributed by atoms with E-state index in [1.807, 2.05) is 11.1 Å². The first-order valence-electron chi connectivity index (χ1n) is 8.56. The fraction of sp³-hybridized carbons (Fsp3) is 0.765. The molecular weight excluding hydrogens is 278 g/mol. The number of rotatable bonds is 3. The van der Waals surface area contributed by atoms with E-state index in [2.05, 4.69) is 23.8 Å². The van der Waals surface area contributed by atoms with Crippen LogP contribution in [-0.2, 0) is 9.53 Å². The number of hydrogen-bond donors (Lipinski definition) is 1. The highest BCUT2D eigenvalue weighted by Crippen LogP contribution is 2.31. The molecule has 2 fully saturated rings. The van der Waals surface area contributed by atoms with Crippen LogP contribution in [0.5, 0.6) is 0 Å². The van der Waals surface area contributed by atoms with Gasteiger partial charge in [0.1, 0.15) is 5.82 Å². The molecule has 0 aromatic carbocycles. The Hall–Kier alpha value is -1.36. The SMILES string of the molecule is CC(C)[C@H]1OCCC[C@H]1C(=O)N1CCC(c2ncc[nH]2)CC1. The molecule has 3 heterocycles. The molecule has 0 bridgehead atoms. The number of ether oxygens (including phenoxy) is 1. The summed E-state index contributed by atoms with van der Waals surface area (Å²) in [4.78, 5) is 22.5. The van der Waals surface area contributed by atoms with Gasteiger partial charge in [-0.2, -0.15) is 0 Å². The number of hydrogen-bond acceptors (Lipinski definition) is 3. The number of nitrogens with one attached hydrogen (secondary N) is 1. The van der Waals surface area contributed by atoms with Gasteiger partial charge in [-0.3, -0.25) is 4.79 Å². The highest BCUT2D eigenvalue weighted by molar-refractivity contribution is 5.79. The van der Waals surface area contributed by atoms with Crippen LogP contribution in [0, 0.1) is 11.8 Å². The van der Waals surface area contributed by atoms with E-state index in [1.165, 1.54) is 0 Å². The monoisotopic (exact) mass is 305 g/mol. The largest absolute Gasteiger partial charge is 0.377 e. The summed E-state index contributed by atoms with van der Waals surface area (Å²) in [6.45, 7) is 6.78. The van der Waals surface area contributed by atoms with Gasteiger partial charge in [0, 0.05) is 38.0 Å². The van der Waals surface area contributed by atoms with Crippen molar-refractivity contribution in [2.24, 2.45) is 11.8 Å². The summed E-state index contributed by atoms with van der Waals surface area (Å²) in [6.07, 6.45) is 7.74. The highest BCUT2D eigenvalue weighted by atomic mass is 16.5. The summed E-state index contributed by atoms with van der Waals surface area (Å²) < 4.78 is 5.88. The molecule has 22 heavy (non-hydrogen) atoms. The lowest BCUT2D eigenvalue weighted by molar-refractivity contribution is -0.148. The number of carbonyl (C=O) groups is 1. The van der Waals surface area contributed by atoms with Gasteiger partial charge in [0.2, 0.25) is 5.91 Å². The van der Waals surface area contributed by atoms with E-state index in [4.69, 9.17) is 4.74 Å². The molecule has 0 saturated carbocycles. The first-order chi connectivity index (χ1) is 10.7. The van der Waals surface area contributed by atoms with Gasteiger partial charge in [0.15, 0.2) is 0 Å². The van der Waals surface area contributed by atoms with Crippen LogP contribution in [0.25, 0.3) is 0 Å². The van der Waals surface area contributed by atoms with E-state index in [0.29, 0.717) is 17.7 Å². The van der Waals surface area contributed by atoms with Crippen molar-refractivity contribution in [1.82, 2.24) is 14.9 Å². The second kappa shape index (κ2) is 6.82. The van der Waals surface area contributed by atoms with Crippen molar-refractivity contribution >= 4 is 5.91 Å². The van der Waals surface area contributed by atoms with Gasteiger partial charge >= 0.3 is 0 Å². The maximum Gasteiger partial charge on any atom is 0.228 e. The molecule has 0 aliphatic carbocycles. The van der Waals surface area contributed by atoms with Crippen LogP contribution in [0.4, 0.5) is 0 Å². The number of imidazole rings is 1. The van der Waals surface area contributed by atoms with E-state index < -0.39 is 0 Å². The Bertz CT molecular complexity index is 478. The molecule has 0 radical (unpaired) electrons. The molecule has 2 atom stereocenters. The first kappa shape index (κ1) is 15.5. The molecule has 2 aliphatic heterocycles. The van der Waals surface area contributed by atoms with E-state index in [9.17, 15) is 4.79 Å². The number of likely N-dealkylation sites (tertiary alicyclic amines) is 1. The lowest BCUT2D eigenvalue weighted by atomic mass is 9.85. The molecule has 1 amide bonds. The molecule has 1 N–H and O–H groups in total. The van der Waals surface area contributed by atoms with Crippen molar-refractivity contribution in [3.63, 3.8) is 0 Å². The number of piperidine rings is 1. The van der Waals surface area contributed by atoms with Crippen molar-refractivity contribution < 1.29 is 9.53 Å². The maximum atomic E-state index is 12.9. The maximum absolute atomic E-state index is 12.9. The summed E-state index contributed by atoms with van der Waals surface area (Å²) in [5.74, 6) is 2.27. The summed E-state index contributed by atoms with van der Waals surface area (Å²) in [7, 11) is 0. The second-order valence-electron chi connectivity index (χ2n) is 6.90. The van der Waals surface area contributed by atoms with Gasteiger partial charge in [-0.15, -0.1) is 0 Å². The average Bonchev–Trinajstić information content (AvgIpc) is 3.09. The van der Waals surface area contributed by atoms with Crippen molar-refractivity contribution in [2.45, 2.75) is 51.6 Å². The number of aromatic amines is 1. The Balaban J connectivity index is 1.59. The third-order valence-electron chi connectivity index (χ3n) is 5.05. The third kappa shape index (κ3) is 3.19. The molecule has 3 rings (SSSR count). The zero-order valence-electron chi connectivity index (χ0n) is 13.6. The van der Waals surface area contributed by atoms with E-state index in [-0.39, 0.29) is 12.0 Å². The second-order valence-corrected chi connectivity index (χ2v) is 6.90. The summed E-state index contributed by atoms with van der Waals surface area (Å²) in [5, 5.41) is 0. The molecule has 5 heteroatoms. The van der Waals surface area contributed by atoms with Crippen LogP contribution in [0.3, 0.4) is 0 Å². The number of nitrogens with zero attached hydrogens (tertiary/aromatic N) is 2. The van der Waals surface area contributed by atoms with Crippen LogP contribution in [-0.4, -0.2) is 46.6 Å². The van der Waals surface area contributed by atoms with Gasteiger partial charge in [0.05, 0.1) is 12.0 Å². The third-order valence-corrected chi connectivity index (χ3v) is 5.05. The molecule has 1 aromatic heterocycles.